The maximum atomic E-state index is 13.8. The van der Waals surface area contributed by atoms with Gasteiger partial charge in [0.15, 0.2) is 0 Å². The average molecular weight is 565 g/mol. The number of para-hydroxylation sites is 2. The van der Waals surface area contributed by atoms with E-state index in [1.54, 1.807) is 36.0 Å². The molecule has 2 aliphatic rings. The fourth-order valence-electron chi connectivity index (χ4n) is 5.92. The Morgan fingerprint density at radius 1 is 1.12 bits per heavy atom. The van der Waals surface area contributed by atoms with Crippen LogP contribution < -0.4 is 5.73 Å². The molecule has 0 aliphatic carbocycles. The number of likely N-dealkylation sites (tertiary alicyclic amines) is 2. The van der Waals surface area contributed by atoms with Gasteiger partial charge in [-0.15, -0.1) is 11.8 Å². The van der Waals surface area contributed by atoms with Crippen LogP contribution in [0.15, 0.2) is 47.6 Å². The Balaban J connectivity index is 1.29. The van der Waals surface area contributed by atoms with Gasteiger partial charge >= 0.3 is 0 Å². The first kappa shape index (κ1) is 28.6. The highest BCUT2D eigenvalue weighted by molar-refractivity contribution is 7.99. The second kappa shape index (κ2) is 13.1. The summed E-state index contributed by atoms with van der Waals surface area (Å²) in [6, 6.07) is 11.4. The number of nitrogens with two attached hydrogens (primary N) is 1. The molecule has 2 aromatic heterocycles. The number of pyridine rings is 1. The Kier molecular flexibility index (Phi) is 9.39. The molecule has 4 heterocycles. The third kappa shape index (κ3) is 6.04. The van der Waals surface area contributed by atoms with Crippen LogP contribution in [0.3, 0.4) is 0 Å². The number of nitrogens with zero attached hydrogens (tertiary/aromatic N) is 5. The molecule has 0 radical (unpaired) electrons. The van der Waals surface area contributed by atoms with Gasteiger partial charge in [-0.1, -0.05) is 19.1 Å². The maximum absolute atomic E-state index is 13.8. The molecule has 1 unspecified atom stereocenters. The second-order valence-electron chi connectivity index (χ2n) is 10.8. The predicted octanol–water partition coefficient (Wildman–Crippen LogP) is 3.78. The van der Waals surface area contributed by atoms with E-state index in [4.69, 9.17) is 15.5 Å². The molecule has 10 heteroatoms. The molecule has 2 aliphatic heterocycles. The van der Waals surface area contributed by atoms with Gasteiger partial charge in [-0.2, -0.15) is 0 Å². The molecule has 3 aromatic rings. The first-order valence-electron chi connectivity index (χ1n) is 14.4. The van der Waals surface area contributed by atoms with E-state index in [1.165, 1.54) is 0 Å². The highest BCUT2D eigenvalue weighted by Gasteiger charge is 2.41. The van der Waals surface area contributed by atoms with E-state index in [1.807, 2.05) is 23.1 Å². The Bertz CT molecular complexity index is 1330. The van der Waals surface area contributed by atoms with Crippen molar-refractivity contribution in [2.45, 2.75) is 56.1 Å². The number of fused-ring (bicyclic) bond motifs is 1. The van der Waals surface area contributed by atoms with Gasteiger partial charge in [0.25, 0.3) is 5.91 Å². The average Bonchev–Trinajstić information content (AvgIpc) is 3.56. The number of aryl methyl sites for hydroxylation is 1. The lowest BCUT2D eigenvalue weighted by Crippen LogP contribution is -2.47. The molecule has 9 nitrogen and oxygen atoms in total. The van der Waals surface area contributed by atoms with E-state index in [-0.39, 0.29) is 23.8 Å². The number of carbonyl (C=O) groups excluding carboxylic acids is 2. The molecule has 5 rings (SSSR count). The molecule has 0 saturated carbocycles. The molecule has 2 fully saturated rings. The smallest absolute Gasteiger partial charge is 0.256 e. The number of hydrogen-bond acceptors (Lipinski definition) is 7. The van der Waals surface area contributed by atoms with Crippen LogP contribution in [0.4, 0.5) is 0 Å². The number of aromatic nitrogens is 3. The molecule has 1 aromatic carbocycles. The Morgan fingerprint density at radius 3 is 2.80 bits per heavy atom. The summed E-state index contributed by atoms with van der Waals surface area (Å²) in [7, 11) is 1.72. The molecule has 214 valence electrons. The van der Waals surface area contributed by atoms with Crippen molar-refractivity contribution in [1.29, 1.82) is 0 Å². The lowest BCUT2D eigenvalue weighted by molar-refractivity contribution is -0.136. The summed E-state index contributed by atoms with van der Waals surface area (Å²) in [6.07, 6.45) is 5.51. The van der Waals surface area contributed by atoms with Crippen molar-refractivity contribution in [3.8, 4) is 0 Å². The minimum atomic E-state index is -0.411. The normalized spacial score (nSPS) is 21.3. The Labute approximate surface area is 240 Å². The highest BCUT2D eigenvalue weighted by Crippen LogP contribution is 2.32. The molecule has 0 bridgehead atoms. The van der Waals surface area contributed by atoms with E-state index >= 15 is 0 Å². The van der Waals surface area contributed by atoms with Crippen LogP contribution in [0.2, 0.25) is 0 Å². The first-order valence-corrected chi connectivity index (χ1v) is 15.4. The zero-order valence-electron chi connectivity index (χ0n) is 23.5. The van der Waals surface area contributed by atoms with Crippen LogP contribution in [-0.2, 0) is 16.1 Å². The Morgan fingerprint density at radius 2 is 1.98 bits per heavy atom. The van der Waals surface area contributed by atoms with Gasteiger partial charge in [0.05, 0.1) is 22.5 Å². The number of rotatable bonds is 10. The second-order valence-corrected chi connectivity index (χ2v) is 11.8. The molecule has 40 heavy (non-hydrogen) atoms. The highest BCUT2D eigenvalue weighted by atomic mass is 32.2. The van der Waals surface area contributed by atoms with Gasteiger partial charge in [-0.3, -0.25) is 9.59 Å². The summed E-state index contributed by atoms with van der Waals surface area (Å²) < 4.78 is 7.60. The maximum Gasteiger partial charge on any atom is 0.256 e. The topological polar surface area (TPSA) is 107 Å². The largest absolute Gasteiger partial charge is 0.385 e. The molecular weight excluding hydrogens is 524 g/mol. The zero-order valence-corrected chi connectivity index (χ0v) is 24.3. The van der Waals surface area contributed by atoms with Crippen LogP contribution in [0.5, 0.6) is 0 Å². The van der Waals surface area contributed by atoms with Crippen molar-refractivity contribution in [3.63, 3.8) is 0 Å². The Hall–Kier alpha value is -2.95. The van der Waals surface area contributed by atoms with Crippen molar-refractivity contribution < 1.29 is 14.3 Å². The minimum absolute atomic E-state index is 0.0429. The molecule has 2 amide bonds. The number of methoxy groups -OCH3 is 1. The SMILES string of the molecule is CCCSc1ncccc1C(=O)N1C[C@@H](N)[C@H](C(=O)N2CCCC(c3nc4ccccc4n3CCCOC)C2)C1. The van der Waals surface area contributed by atoms with E-state index in [9.17, 15) is 9.59 Å². The quantitative estimate of drug-likeness (QED) is 0.295. The predicted molar refractivity (Wildman–Crippen MR) is 157 cm³/mol. The standard InChI is InChI=1S/C30H40N6O3S/c1-3-17-40-28-22(10-6-13-32-28)29(37)35-19-23(24(31)20-35)30(38)34-14-7-9-21(18-34)27-33-25-11-4-5-12-26(25)36(27)15-8-16-39-2/h4-6,10-13,21,23-24H,3,7-9,14-20,31H2,1-2H3/t21?,23-,24-/m1/s1. The lowest BCUT2D eigenvalue weighted by atomic mass is 9.94. The van der Waals surface area contributed by atoms with E-state index in [2.05, 4.69) is 28.6 Å². The van der Waals surface area contributed by atoms with Crippen LogP contribution in [0, 0.1) is 5.92 Å². The van der Waals surface area contributed by atoms with Gasteiger partial charge in [-0.05, 0) is 55.7 Å². The van der Waals surface area contributed by atoms with E-state index in [0.29, 0.717) is 38.3 Å². The summed E-state index contributed by atoms with van der Waals surface area (Å²) in [4.78, 5) is 40.4. The van der Waals surface area contributed by atoms with Gasteiger partial charge in [0, 0.05) is 64.6 Å². The number of ether oxygens (including phenoxy) is 1. The van der Waals surface area contributed by atoms with E-state index in [0.717, 1.165) is 59.9 Å². The lowest BCUT2D eigenvalue weighted by Gasteiger charge is -2.35. The third-order valence-corrected chi connectivity index (χ3v) is 9.14. The van der Waals surface area contributed by atoms with Gasteiger partial charge in [0.2, 0.25) is 5.91 Å². The molecule has 2 N–H and O–H groups in total. The fourth-order valence-corrected chi connectivity index (χ4v) is 6.77. The third-order valence-electron chi connectivity index (χ3n) is 7.93. The summed E-state index contributed by atoms with van der Waals surface area (Å²) in [6.45, 7) is 5.65. The minimum Gasteiger partial charge on any atom is -0.385 e. The first-order chi connectivity index (χ1) is 19.5. The summed E-state index contributed by atoms with van der Waals surface area (Å²) in [5.41, 5.74) is 9.20. The number of imidazole rings is 1. The molecular formula is C30H40N6O3S. The number of benzene rings is 1. The van der Waals surface area contributed by atoms with E-state index < -0.39 is 5.92 Å². The van der Waals surface area contributed by atoms with Crippen molar-refractivity contribution in [2.75, 3.05) is 45.6 Å². The van der Waals surface area contributed by atoms with Crippen LogP contribution >= 0.6 is 11.8 Å². The number of carbonyl (C=O) groups is 2. The van der Waals surface area contributed by atoms with Crippen molar-refractivity contribution in [2.24, 2.45) is 11.7 Å². The summed E-state index contributed by atoms with van der Waals surface area (Å²) in [5, 5.41) is 0.741. The monoisotopic (exact) mass is 564 g/mol. The van der Waals surface area contributed by atoms with Crippen molar-refractivity contribution >= 4 is 34.6 Å². The fraction of sp³-hybridized carbons (Fsp3) is 0.533. The number of hydrogen-bond donors (Lipinski definition) is 1. The van der Waals surface area contributed by atoms with Crippen molar-refractivity contribution in [3.05, 3.63) is 54.0 Å². The van der Waals surface area contributed by atoms with Crippen LogP contribution in [-0.4, -0.2) is 87.8 Å². The van der Waals surface area contributed by atoms with Crippen LogP contribution in [0.1, 0.15) is 54.7 Å². The van der Waals surface area contributed by atoms with Gasteiger partial charge in [-0.25, -0.2) is 9.97 Å². The summed E-state index contributed by atoms with van der Waals surface area (Å²) >= 11 is 1.59. The summed E-state index contributed by atoms with van der Waals surface area (Å²) in [5.74, 6) is 1.62. The number of amides is 2. The number of thioether (sulfide) groups is 1. The molecule has 2 saturated heterocycles. The van der Waals surface area contributed by atoms with Crippen molar-refractivity contribution in [1.82, 2.24) is 24.3 Å². The zero-order chi connectivity index (χ0) is 28.1. The number of piperidine rings is 1. The van der Waals surface area contributed by atoms with Gasteiger partial charge < -0.3 is 24.8 Å². The van der Waals surface area contributed by atoms with Crippen LogP contribution in [0.25, 0.3) is 11.0 Å². The molecule has 3 atom stereocenters. The van der Waals surface area contributed by atoms with Gasteiger partial charge in [0.1, 0.15) is 10.9 Å². The molecule has 0 spiro atoms.